The molecule has 2 heterocycles. The highest BCUT2D eigenvalue weighted by Crippen LogP contribution is 2.27. The number of hydrogen-bond donors (Lipinski definition) is 2. The van der Waals surface area contributed by atoms with E-state index in [0.717, 1.165) is 5.56 Å². The van der Waals surface area contributed by atoms with Gasteiger partial charge in [-0.3, -0.25) is 4.79 Å². The van der Waals surface area contributed by atoms with E-state index in [2.05, 4.69) is 5.32 Å². The quantitative estimate of drug-likeness (QED) is 0.818. The largest absolute Gasteiger partial charge is 0.379 e. The van der Waals surface area contributed by atoms with Crippen LogP contribution in [0.3, 0.4) is 0 Å². The summed E-state index contributed by atoms with van der Waals surface area (Å²) in [4.78, 5) is 12.0. The minimum absolute atomic E-state index is 0.0244. The molecule has 3 N–H and O–H groups in total. The Morgan fingerprint density at radius 1 is 1.81 bits per heavy atom. The molecule has 1 aromatic heterocycles. The summed E-state index contributed by atoms with van der Waals surface area (Å²) < 4.78 is 5.25. The van der Waals surface area contributed by atoms with Crippen LogP contribution in [0.2, 0.25) is 0 Å². The van der Waals surface area contributed by atoms with E-state index in [1.165, 1.54) is 0 Å². The normalized spacial score (nSPS) is 29.2. The average molecular weight is 240 g/mol. The third-order valence-corrected chi connectivity index (χ3v) is 3.80. The van der Waals surface area contributed by atoms with Gasteiger partial charge in [-0.15, -0.1) is 0 Å². The highest BCUT2D eigenvalue weighted by atomic mass is 32.1. The summed E-state index contributed by atoms with van der Waals surface area (Å²) in [5, 5.41) is 6.92. The van der Waals surface area contributed by atoms with Gasteiger partial charge in [-0.1, -0.05) is 0 Å². The predicted octanol–water partition coefficient (Wildman–Crippen LogP) is 0.728. The number of carbonyl (C=O) groups excluding carboxylic acids is 1. The van der Waals surface area contributed by atoms with E-state index >= 15 is 0 Å². The van der Waals surface area contributed by atoms with Crippen LogP contribution in [0.25, 0.3) is 0 Å². The van der Waals surface area contributed by atoms with E-state index in [0.29, 0.717) is 19.8 Å². The van der Waals surface area contributed by atoms with Crippen molar-refractivity contribution in [1.29, 1.82) is 0 Å². The van der Waals surface area contributed by atoms with Gasteiger partial charge in [0.2, 0.25) is 5.91 Å². The van der Waals surface area contributed by atoms with Gasteiger partial charge in [0.15, 0.2) is 0 Å². The van der Waals surface area contributed by atoms with E-state index in [1.54, 1.807) is 11.3 Å². The fraction of sp³-hybridized carbons (Fsp3) is 0.545. The van der Waals surface area contributed by atoms with Crippen LogP contribution in [0.1, 0.15) is 12.5 Å². The van der Waals surface area contributed by atoms with Crippen LogP contribution in [0.4, 0.5) is 0 Å². The van der Waals surface area contributed by atoms with E-state index < -0.39 is 5.41 Å². The first-order valence-electron chi connectivity index (χ1n) is 5.25. The lowest BCUT2D eigenvalue weighted by molar-refractivity contribution is -0.130. The highest BCUT2D eigenvalue weighted by molar-refractivity contribution is 7.07. The molecule has 0 radical (unpaired) electrons. The predicted molar refractivity (Wildman–Crippen MR) is 63.1 cm³/mol. The second-order valence-corrected chi connectivity index (χ2v) is 5.13. The van der Waals surface area contributed by atoms with Crippen LogP contribution < -0.4 is 11.1 Å². The first kappa shape index (κ1) is 11.6. The molecule has 1 aliphatic heterocycles. The Morgan fingerprint density at radius 3 is 3.19 bits per heavy atom. The lowest BCUT2D eigenvalue weighted by Crippen LogP contribution is -2.49. The molecular weight excluding hydrogens is 224 g/mol. The molecule has 0 saturated carbocycles. The van der Waals surface area contributed by atoms with Gasteiger partial charge in [-0.25, -0.2) is 0 Å². The zero-order chi connectivity index (χ0) is 11.6. The van der Waals surface area contributed by atoms with Gasteiger partial charge < -0.3 is 15.8 Å². The zero-order valence-corrected chi connectivity index (χ0v) is 10.0. The Kier molecular flexibility index (Phi) is 3.28. The van der Waals surface area contributed by atoms with E-state index in [-0.39, 0.29) is 11.9 Å². The lowest BCUT2D eigenvalue weighted by Gasteiger charge is -2.25. The topological polar surface area (TPSA) is 64.3 Å². The van der Waals surface area contributed by atoms with Gasteiger partial charge in [-0.2, -0.15) is 11.3 Å². The number of hydrogen-bond acceptors (Lipinski definition) is 4. The highest BCUT2D eigenvalue weighted by Gasteiger charge is 2.44. The second-order valence-electron chi connectivity index (χ2n) is 4.35. The first-order chi connectivity index (χ1) is 7.63. The molecule has 1 aliphatic rings. The molecule has 1 aromatic rings. The summed E-state index contributed by atoms with van der Waals surface area (Å²) in [6.45, 7) is 3.28. The summed E-state index contributed by atoms with van der Waals surface area (Å²) in [6.07, 6.45) is 0. The van der Waals surface area contributed by atoms with Gasteiger partial charge in [0, 0.05) is 12.6 Å². The molecule has 1 amide bonds. The molecule has 2 rings (SSSR count). The van der Waals surface area contributed by atoms with Crippen molar-refractivity contribution in [3.05, 3.63) is 22.4 Å². The van der Waals surface area contributed by atoms with Gasteiger partial charge in [0.25, 0.3) is 0 Å². The fourth-order valence-corrected chi connectivity index (χ4v) is 2.37. The van der Waals surface area contributed by atoms with Crippen LogP contribution in [-0.4, -0.2) is 25.2 Å². The van der Waals surface area contributed by atoms with Gasteiger partial charge in [0.05, 0.1) is 18.6 Å². The monoisotopic (exact) mass is 240 g/mol. The maximum Gasteiger partial charge on any atom is 0.230 e. The number of amides is 1. The third-order valence-electron chi connectivity index (χ3n) is 3.07. The van der Waals surface area contributed by atoms with Crippen LogP contribution in [0, 0.1) is 5.41 Å². The lowest BCUT2D eigenvalue weighted by atomic mass is 9.85. The molecule has 2 atom stereocenters. The molecule has 0 bridgehead atoms. The summed E-state index contributed by atoms with van der Waals surface area (Å²) in [5.74, 6) is -0.0244. The maximum atomic E-state index is 12.0. The van der Waals surface area contributed by atoms with Crippen molar-refractivity contribution in [3.8, 4) is 0 Å². The van der Waals surface area contributed by atoms with Crippen LogP contribution in [0.5, 0.6) is 0 Å². The Morgan fingerprint density at radius 2 is 2.62 bits per heavy atom. The number of carbonyl (C=O) groups is 1. The van der Waals surface area contributed by atoms with Crippen LogP contribution >= 0.6 is 11.3 Å². The number of rotatable bonds is 3. The van der Waals surface area contributed by atoms with Gasteiger partial charge >= 0.3 is 0 Å². The summed E-state index contributed by atoms with van der Waals surface area (Å²) in [5.41, 5.74) is 6.41. The van der Waals surface area contributed by atoms with Gasteiger partial charge in [-0.05, 0) is 29.3 Å². The zero-order valence-electron chi connectivity index (χ0n) is 9.23. The van der Waals surface area contributed by atoms with Crippen molar-refractivity contribution in [2.45, 2.75) is 19.5 Å². The average Bonchev–Trinajstić information content (AvgIpc) is 2.87. The molecule has 4 nitrogen and oxygen atoms in total. The van der Waals surface area contributed by atoms with Crippen molar-refractivity contribution in [2.75, 3.05) is 13.2 Å². The van der Waals surface area contributed by atoms with Crippen molar-refractivity contribution in [2.24, 2.45) is 11.1 Å². The molecule has 0 aliphatic carbocycles. The van der Waals surface area contributed by atoms with Crippen molar-refractivity contribution in [3.63, 3.8) is 0 Å². The van der Waals surface area contributed by atoms with Crippen LogP contribution in [-0.2, 0) is 16.1 Å². The Balaban J connectivity index is 1.93. The third kappa shape index (κ3) is 2.11. The Hall–Kier alpha value is -0.910. The van der Waals surface area contributed by atoms with Crippen LogP contribution in [0.15, 0.2) is 16.8 Å². The van der Waals surface area contributed by atoms with Crippen molar-refractivity contribution >= 4 is 17.2 Å². The van der Waals surface area contributed by atoms with E-state index in [9.17, 15) is 4.79 Å². The summed E-state index contributed by atoms with van der Waals surface area (Å²) in [7, 11) is 0. The fourth-order valence-electron chi connectivity index (χ4n) is 1.70. The smallest absolute Gasteiger partial charge is 0.230 e. The number of nitrogens with two attached hydrogens (primary N) is 1. The molecular formula is C11H16N2O2S. The van der Waals surface area contributed by atoms with Crippen molar-refractivity contribution in [1.82, 2.24) is 5.32 Å². The van der Waals surface area contributed by atoms with Gasteiger partial charge in [0.1, 0.15) is 0 Å². The second kappa shape index (κ2) is 4.53. The standard InChI is InChI=1S/C11H16N2O2S/c1-11(7-15-5-9(11)12)10(14)13-4-8-2-3-16-6-8/h2-3,6,9H,4-5,7,12H2,1H3,(H,13,14). The molecule has 2 unspecified atom stereocenters. The number of ether oxygens (including phenoxy) is 1. The number of thiophene rings is 1. The molecule has 5 heteroatoms. The van der Waals surface area contributed by atoms with Crippen molar-refractivity contribution < 1.29 is 9.53 Å². The van der Waals surface area contributed by atoms with E-state index in [4.69, 9.17) is 10.5 Å². The molecule has 16 heavy (non-hydrogen) atoms. The Bertz CT molecular complexity index is 366. The maximum absolute atomic E-state index is 12.0. The molecule has 0 spiro atoms. The molecule has 0 aromatic carbocycles. The van der Waals surface area contributed by atoms with E-state index in [1.807, 2.05) is 23.8 Å². The minimum atomic E-state index is -0.587. The molecule has 1 saturated heterocycles. The summed E-state index contributed by atoms with van der Waals surface area (Å²) in [6, 6.07) is 1.79. The first-order valence-corrected chi connectivity index (χ1v) is 6.20. The Labute approximate surface area is 98.8 Å². The SMILES string of the molecule is CC1(C(=O)NCc2ccsc2)COCC1N. The minimum Gasteiger partial charge on any atom is -0.379 e. The summed E-state index contributed by atoms with van der Waals surface area (Å²) >= 11 is 1.62. The number of nitrogens with one attached hydrogen (secondary N) is 1. The molecule has 1 fully saturated rings. The molecule has 88 valence electrons.